The van der Waals surface area contributed by atoms with Gasteiger partial charge in [-0.1, -0.05) is 83.1 Å². The van der Waals surface area contributed by atoms with E-state index in [0.29, 0.717) is 0 Å². The van der Waals surface area contributed by atoms with Gasteiger partial charge in [0.2, 0.25) is 0 Å². The lowest BCUT2D eigenvalue weighted by molar-refractivity contribution is 0.467. The molecule has 12 rings (SSSR count). The van der Waals surface area contributed by atoms with Crippen molar-refractivity contribution >= 4 is 65.8 Å². The Kier molecular flexibility index (Phi) is 5.72. The molecule has 0 spiro atoms. The van der Waals surface area contributed by atoms with Crippen LogP contribution in [0.2, 0.25) is 0 Å². The van der Waals surface area contributed by atoms with Crippen LogP contribution in [0.3, 0.4) is 0 Å². The van der Waals surface area contributed by atoms with E-state index in [0.717, 1.165) is 67.9 Å². The first-order valence-electron chi connectivity index (χ1n) is 19.0. The summed E-state index contributed by atoms with van der Waals surface area (Å²) >= 11 is 1.87. The standard InChI is InChI=1S/C48H37BO3S/c1-47(2,3)28-15-18-42-33(22-28)45-46(53-42)49-36-23-32-35(48(4,5)34-16-13-25-9-8-11-29(25)43(32)34)24-39(36)51-40-20-27(21-41(52-45)44(40)49)26-14-17-38-31(19-26)30-10-6-7-12-37(30)50-38/h6-7,10,12-24H,8-9,11H2,1-5H3. The first kappa shape index (κ1) is 30.2. The van der Waals surface area contributed by atoms with E-state index in [-0.39, 0.29) is 17.5 Å². The number of para-hydroxylation sites is 1. The third-order valence-electron chi connectivity index (χ3n) is 12.7. The molecule has 0 saturated carbocycles. The van der Waals surface area contributed by atoms with Crippen molar-refractivity contribution in [2.75, 3.05) is 0 Å². The number of hydrogen-bond donors (Lipinski definition) is 0. The van der Waals surface area contributed by atoms with E-state index in [4.69, 9.17) is 13.9 Å². The molecule has 53 heavy (non-hydrogen) atoms. The van der Waals surface area contributed by atoms with Crippen molar-refractivity contribution < 1.29 is 13.9 Å². The van der Waals surface area contributed by atoms with Crippen molar-refractivity contribution in [1.82, 2.24) is 0 Å². The second-order valence-electron chi connectivity index (χ2n) is 17.1. The van der Waals surface area contributed by atoms with Crippen molar-refractivity contribution in [3.8, 4) is 45.3 Å². The summed E-state index contributed by atoms with van der Waals surface area (Å²) in [7, 11) is 0. The van der Waals surface area contributed by atoms with Crippen LogP contribution in [0.4, 0.5) is 0 Å². The highest BCUT2D eigenvalue weighted by molar-refractivity contribution is 7.33. The van der Waals surface area contributed by atoms with Crippen LogP contribution in [0.25, 0.3) is 54.3 Å². The van der Waals surface area contributed by atoms with Gasteiger partial charge in [0.15, 0.2) is 0 Å². The molecule has 2 aliphatic carbocycles. The number of benzene rings is 6. The predicted octanol–water partition coefficient (Wildman–Crippen LogP) is 11.3. The summed E-state index contributed by atoms with van der Waals surface area (Å²) in [6.07, 6.45) is 3.57. The molecule has 0 amide bonds. The molecule has 5 heteroatoms. The number of aryl methyl sites for hydroxylation is 1. The van der Waals surface area contributed by atoms with Crippen LogP contribution in [0, 0.1) is 0 Å². The van der Waals surface area contributed by atoms with Crippen LogP contribution < -0.4 is 25.2 Å². The summed E-state index contributed by atoms with van der Waals surface area (Å²) in [6.45, 7) is 11.6. The van der Waals surface area contributed by atoms with Gasteiger partial charge in [0.05, 0.1) is 0 Å². The molecule has 0 unspecified atom stereocenters. The Morgan fingerprint density at radius 3 is 2.40 bits per heavy atom. The SMILES string of the molecule is CC(C)(C)c1ccc2sc3c(c2c1)Oc1cc(-c2ccc4oc5ccccc5c4c2)cc2c1B3c1cc3c(cc1O2)C(C)(C)c1ccc2c(c1-3)CCC2. The number of rotatable bonds is 1. The van der Waals surface area contributed by atoms with E-state index in [9.17, 15) is 0 Å². The number of ether oxygens (including phenoxy) is 2. The van der Waals surface area contributed by atoms with Gasteiger partial charge in [-0.05, 0) is 129 Å². The van der Waals surface area contributed by atoms with Gasteiger partial charge < -0.3 is 13.9 Å². The fraction of sp³-hybridized carbons (Fsp3) is 0.208. The number of hydrogen-bond acceptors (Lipinski definition) is 4. The summed E-state index contributed by atoms with van der Waals surface area (Å²) < 4.78 is 22.9. The molecule has 0 radical (unpaired) electrons. The topological polar surface area (TPSA) is 31.6 Å². The summed E-state index contributed by atoms with van der Waals surface area (Å²) in [4.78, 5) is 0. The molecule has 0 atom stereocenters. The van der Waals surface area contributed by atoms with Crippen molar-refractivity contribution in [3.63, 3.8) is 0 Å². The average molecular weight is 705 g/mol. The Morgan fingerprint density at radius 2 is 1.53 bits per heavy atom. The van der Waals surface area contributed by atoms with Crippen LogP contribution >= 0.6 is 11.3 Å². The summed E-state index contributed by atoms with van der Waals surface area (Å²) in [6, 6.07) is 35.9. The predicted molar refractivity (Wildman–Crippen MR) is 221 cm³/mol. The van der Waals surface area contributed by atoms with E-state index in [1.165, 1.54) is 66.5 Å². The highest BCUT2D eigenvalue weighted by Gasteiger charge is 2.46. The third kappa shape index (κ3) is 4.01. The Hall–Kier alpha value is -5.26. The molecule has 256 valence electrons. The maximum Gasteiger partial charge on any atom is 0.273 e. The smallest absolute Gasteiger partial charge is 0.273 e. The number of furan rings is 1. The third-order valence-corrected chi connectivity index (χ3v) is 13.9. The molecule has 0 bridgehead atoms. The van der Waals surface area contributed by atoms with E-state index < -0.39 is 0 Å². The highest BCUT2D eigenvalue weighted by atomic mass is 32.1. The number of thiophene rings is 1. The van der Waals surface area contributed by atoms with Crippen LogP contribution in [0.1, 0.15) is 68.9 Å². The molecule has 4 heterocycles. The lowest BCUT2D eigenvalue weighted by Gasteiger charge is -2.33. The zero-order valence-electron chi connectivity index (χ0n) is 30.6. The van der Waals surface area contributed by atoms with Gasteiger partial charge in [-0.15, -0.1) is 11.3 Å². The minimum absolute atomic E-state index is 0.00607. The molecular formula is C48H37BO3S. The molecule has 8 aromatic rings. The summed E-state index contributed by atoms with van der Waals surface area (Å²) in [5.74, 6) is 3.70. The van der Waals surface area contributed by atoms with E-state index in [1.54, 1.807) is 5.56 Å². The van der Waals surface area contributed by atoms with Crippen molar-refractivity contribution in [2.24, 2.45) is 0 Å². The minimum Gasteiger partial charge on any atom is -0.458 e. The second-order valence-corrected chi connectivity index (χ2v) is 18.2. The van der Waals surface area contributed by atoms with E-state index in [1.807, 2.05) is 23.5 Å². The monoisotopic (exact) mass is 704 g/mol. The summed E-state index contributed by atoms with van der Waals surface area (Å²) in [5.41, 5.74) is 16.3. The van der Waals surface area contributed by atoms with Crippen molar-refractivity contribution in [2.45, 2.75) is 64.7 Å². The van der Waals surface area contributed by atoms with Crippen LogP contribution in [0.5, 0.6) is 23.0 Å². The first-order valence-corrected chi connectivity index (χ1v) is 19.8. The van der Waals surface area contributed by atoms with Crippen LogP contribution in [-0.4, -0.2) is 6.71 Å². The maximum absolute atomic E-state index is 7.12. The zero-order valence-corrected chi connectivity index (χ0v) is 31.4. The lowest BCUT2D eigenvalue weighted by Crippen LogP contribution is -2.56. The van der Waals surface area contributed by atoms with Gasteiger partial charge in [-0.3, -0.25) is 0 Å². The Labute approximate surface area is 313 Å². The van der Waals surface area contributed by atoms with E-state index in [2.05, 4.69) is 120 Å². The fourth-order valence-corrected chi connectivity index (χ4v) is 11.2. The van der Waals surface area contributed by atoms with Gasteiger partial charge in [-0.2, -0.15) is 0 Å². The van der Waals surface area contributed by atoms with Crippen molar-refractivity contribution in [1.29, 1.82) is 0 Å². The Balaban J connectivity index is 1.11. The molecule has 0 saturated heterocycles. The molecule has 0 fully saturated rings. The van der Waals surface area contributed by atoms with E-state index >= 15 is 0 Å². The lowest BCUT2D eigenvalue weighted by atomic mass is 9.37. The second kappa shape index (κ2) is 10.0. The van der Waals surface area contributed by atoms with Crippen molar-refractivity contribution in [3.05, 3.63) is 125 Å². The maximum atomic E-state index is 7.12. The highest BCUT2D eigenvalue weighted by Crippen LogP contribution is 2.54. The molecule has 2 aliphatic heterocycles. The van der Waals surface area contributed by atoms with Crippen LogP contribution in [0.15, 0.2) is 101 Å². The molecule has 4 aliphatic rings. The molecular weight excluding hydrogens is 667 g/mol. The molecule has 2 aromatic heterocycles. The van der Waals surface area contributed by atoms with Gasteiger partial charge in [0.1, 0.15) is 34.2 Å². The molecule has 6 aromatic carbocycles. The van der Waals surface area contributed by atoms with Gasteiger partial charge in [0.25, 0.3) is 6.71 Å². The molecule has 0 N–H and O–H groups in total. The normalized spacial score (nSPS) is 15.8. The average Bonchev–Trinajstić information content (AvgIpc) is 3.91. The zero-order chi connectivity index (χ0) is 35.5. The van der Waals surface area contributed by atoms with Crippen LogP contribution in [-0.2, 0) is 23.7 Å². The number of fused-ring (bicyclic) bond motifs is 14. The fourth-order valence-electron chi connectivity index (χ4n) is 9.91. The van der Waals surface area contributed by atoms with Gasteiger partial charge in [-0.25, -0.2) is 0 Å². The largest absolute Gasteiger partial charge is 0.458 e. The quantitative estimate of drug-likeness (QED) is 0.159. The first-order chi connectivity index (χ1) is 25.6. The van der Waals surface area contributed by atoms with Gasteiger partial charge >= 0.3 is 0 Å². The van der Waals surface area contributed by atoms with Gasteiger partial charge in [0, 0.05) is 36.5 Å². The Morgan fingerprint density at radius 1 is 0.698 bits per heavy atom. The Bertz CT molecular complexity index is 2950. The minimum atomic E-state index is -0.113. The summed E-state index contributed by atoms with van der Waals surface area (Å²) in [5, 5.41) is 3.43. The molecule has 3 nitrogen and oxygen atoms in total.